The molecule has 23 heavy (non-hydrogen) atoms. The summed E-state index contributed by atoms with van der Waals surface area (Å²) in [5, 5.41) is 12.1. The molecule has 126 valence electrons. The van der Waals surface area contributed by atoms with Gasteiger partial charge in [-0.2, -0.15) is 0 Å². The van der Waals surface area contributed by atoms with E-state index >= 15 is 0 Å². The van der Waals surface area contributed by atoms with Gasteiger partial charge in [0.1, 0.15) is 11.6 Å². The number of aliphatic hydroxyl groups is 1. The molecule has 0 spiro atoms. The van der Waals surface area contributed by atoms with Crippen LogP contribution in [0.5, 0.6) is 0 Å². The van der Waals surface area contributed by atoms with Crippen LogP contribution >= 0.6 is 0 Å². The molecule has 2 aliphatic rings. The minimum absolute atomic E-state index is 0.0775. The lowest BCUT2D eigenvalue weighted by molar-refractivity contribution is 0.129. The number of nitrogens with one attached hydrogen (secondary N) is 1. The van der Waals surface area contributed by atoms with Crippen LogP contribution in [0.4, 0.5) is 13.6 Å². The zero-order valence-electron chi connectivity index (χ0n) is 13.0. The Morgan fingerprint density at radius 2 is 2.04 bits per heavy atom. The first-order valence-corrected chi connectivity index (χ1v) is 8.14. The summed E-state index contributed by atoms with van der Waals surface area (Å²) in [4.78, 5) is 14.0. The predicted octanol–water partition coefficient (Wildman–Crippen LogP) is 2.41. The fourth-order valence-corrected chi connectivity index (χ4v) is 3.43. The smallest absolute Gasteiger partial charge is 0.317 e. The second kappa shape index (κ2) is 6.43. The summed E-state index contributed by atoms with van der Waals surface area (Å²) in [7, 11) is 0. The third-order valence-electron chi connectivity index (χ3n) is 4.99. The molecular formula is C17H22F2N2O2. The van der Waals surface area contributed by atoms with Gasteiger partial charge < -0.3 is 15.3 Å². The lowest BCUT2D eigenvalue weighted by atomic mass is 9.94. The summed E-state index contributed by atoms with van der Waals surface area (Å²) in [5.41, 5.74) is -0.524. The van der Waals surface area contributed by atoms with E-state index in [1.165, 1.54) is 18.2 Å². The second-order valence-electron chi connectivity index (χ2n) is 6.67. The summed E-state index contributed by atoms with van der Waals surface area (Å²) in [5.74, 6) is -0.974. The van der Waals surface area contributed by atoms with Crippen molar-refractivity contribution in [3.63, 3.8) is 0 Å². The first kappa shape index (κ1) is 16.2. The summed E-state index contributed by atoms with van der Waals surface area (Å²) in [6.45, 7) is 1.50. The topological polar surface area (TPSA) is 52.6 Å². The normalized spacial score (nSPS) is 22.7. The van der Waals surface area contributed by atoms with Crippen molar-refractivity contribution in [2.45, 2.75) is 31.1 Å². The Balaban J connectivity index is 1.63. The van der Waals surface area contributed by atoms with Gasteiger partial charge in [0.2, 0.25) is 0 Å². The zero-order valence-corrected chi connectivity index (χ0v) is 13.0. The molecule has 1 aromatic carbocycles. The van der Waals surface area contributed by atoms with Crippen molar-refractivity contribution in [3.8, 4) is 0 Å². The van der Waals surface area contributed by atoms with Crippen LogP contribution in [-0.4, -0.2) is 42.3 Å². The van der Waals surface area contributed by atoms with Crippen LogP contribution in [0.25, 0.3) is 0 Å². The Hall–Kier alpha value is -1.69. The van der Waals surface area contributed by atoms with Gasteiger partial charge in [0.05, 0.1) is 0 Å². The number of hydrogen-bond acceptors (Lipinski definition) is 2. The molecule has 1 saturated heterocycles. The van der Waals surface area contributed by atoms with Gasteiger partial charge >= 0.3 is 6.03 Å². The van der Waals surface area contributed by atoms with Crippen LogP contribution in [-0.2, 0) is 5.41 Å². The van der Waals surface area contributed by atoms with E-state index in [0.29, 0.717) is 25.9 Å². The molecule has 1 atom stereocenters. The van der Waals surface area contributed by atoms with Crippen molar-refractivity contribution >= 4 is 6.03 Å². The Morgan fingerprint density at radius 1 is 1.35 bits per heavy atom. The highest BCUT2D eigenvalue weighted by atomic mass is 19.1. The van der Waals surface area contributed by atoms with Gasteiger partial charge in [-0.15, -0.1) is 0 Å². The summed E-state index contributed by atoms with van der Waals surface area (Å²) < 4.78 is 27.9. The van der Waals surface area contributed by atoms with Crippen LogP contribution < -0.4 is 5.32 Å². The number of amides is 2. The maximum absolute atomic E-state index is 14.0. The first-order chi connectivity index (χ1) is 11.1. The van der Waals surface area contributed by atoms with Gasteiger partial charge in [-0.1, -0.05) is 6.07 Å². The number of carbonyl (C=O) groups is 1. The number of piperidine rings is 1. The highest BCUT2D eigenvalue weighted by Crippen LogP contribution is 2.49. The van der Waals surface area contributed by atoms with Crippen molar-refractivity contribution in [1.82, 2.24) is 10.2 Å². The Labute approximate surface area is 134 Å². The van der Waals surface area contributed by atoms with E-state index < -0.39 is 17.0 Å². The average Bonchev–Trinajstić information content (AvgIpc) is 3.33. The van der Waals surface area contributed by atoms with Crippen molar-refractivity contribution in [2.24, 2.45) is 5.92 Å². The molecule has 1 saturated carbocycles. The third kappa shape index (κ3) is 3.32. The lowest BCUT2D eigenvalue weighted by Gasteiger charge is -2.32. The van der Waals surface area contributed by atoms with Gasteiger partial charge in [0.25, 0.3) is 0 Å². The van der Waals surface area contributed by atoms with Crippen molar-refractivity contribution in [3.05, 3.63) is 35.4 Å². The average molecular weight is 324 g/mol. The van der Waals surface area contributed by atoms with Gasteiger partial charge in [0.15, 0.2) is 0 Å². The summed E-state index contributed by atoms with van der Waals surface area (Å²) in [6, 6.07) is 3.66. The maximum Gasteiger partial charge on any atom is 0.317 e. The molecule has 1 aliphatic carbocycles. The number of rotatable bonds is 4. The van der Waals surface area contributed by atoms with E-state index in [4.69, 9.17) is 0 Å². The van der Waals surface area contributed by atoms with Gasteiger partial charge in [-0.05, 0) is 43.7 Å². The molecule has 2 amide bonds. The number of nitrogens with zero attached hydrogens (tertiary/aromatic N) is 1. The van der Waals surface area contributed by atoms with E-state index in [9.17, 15) is 18.7 Å². The van der Waals surface area contributed by atoms with E-state index in [0.717, 1.165) is 12.8 Å². The number of urea groups is 1. The van der Waals surface area contributed by atoms with Crippen molar-refractivity contribution in [2.75, 3.05) is 26.2 Å². The number of hydrogen-bond donors (Lipinski definition) is 2. The molecule has 2 N–H and O–H groups in total. The molecule has 4 nitrogen and oxygen atoms in total. The summed E-state index contributed by atoms with van der Waals surface area (Å²) in [6.07, 6.45) is 3.13. The molecular weight excluding hydrogens is 302 g/mol. The predicted molar refractivity (Wildman–Crippen MR) is 82.1 cm³/mol. The Kier molecular flexibility index (Phi) is 4.53. The molecule has 6 heteroatoms. The molecule has 0 aromatic heterocycles. The molecule has 1 unspecified atom stereocenters. The third-order valence-corrected chi connectivity index (χ3v) is 4.99. The SMILES string of the molecule is O=C(NCC1(c2c(F)cccc2F)CC1)N1CCCC(CO)C1. The molecule has 2 fully saturated rings. The van der Waals surface area contributed by atoms with Crippen molar-refractivity contribution in [1.29, 1.82) is 0 Å². The molecule has 0 bridgehead atoms. The number of likely N-dealkylation sites (tertiary alicyclic amines) is 1. The van der Waals surface area contributed by atoms with Gasteiger partial charge in [0, 0.05) is 37.2 Å². The molecule has 1 heterocycles. The van der Waals surface area contributed by atoms with Gasteiger partial charge in [-0.25, -0.2) is 13.6 Å². The van der Waals surface area contributed by atoms with Gasteiger partial charge in [-0.3, -0.25) is 0 Å². The molecule has 1 aliphatic heterocycles. The lowest BCUT2D eigenvalue weighted by Crippen LogP contribution is -2.48. The van der Waals surface area contributed by atoms with Crippen LogP contribution in [0.15, 0.2) is 18.2 Å². The second-order valence-corrected chi connectivity index (χ2v) is 6.67. The summed E-state index contributed by atoms with van der Waals surface area (Å²) >= 11 is 0. The van der Waals surface area contributed by atoms with E-state index in [1.54, 1.807) is 4.90 Å². The van der Waals surface area contributed by atoms with Crippen molar-refractivity contribution < 1.29 is 18.7 Å². The fraction of sp³-hybridized carbons (Fsp3) is 0.588. The largest absolute Gasteiger partial charge is 0.396 e. The number of halogens is 2. The number of benzene rings is 1. The van der Waals surface area contributed by atoms with Crippen LogP contribution in [0.3, 0.4) is 0 Å². The fourth-order valence-electron chi connectivity index (χ4n) is 3.43. The number of carbonyl (C=O) groups excluding carboxylic acids is 1. The minimum Gasteiger partial charge on any atom is -0.396 e. The first-order valence-electron chi connectivity index (χ1n) is 8.14. The number of aliphatic hydroxyl groups excluding tert-OH is 1. The molecule has 3 rings (SSSR count). The Morgan fingerprint density at radius 3 is 2.65 bits per heavy atom. The maximum atomic E-state index is 14.0. The van der Waals surface area contributed by atoms with Crippen LogP contribution in [0.2, 0.25) is 0 Å². The highest BCUT2D eigenvalue weighted by molar-refractivity contribution is 5.74. The standard InChI is InChI=1S/C17H22F2N2O2/c18-13-4-1-5-14(19)15(13)17(6-7-17)11-20-16(23)21-8-2-3-12(9-21)10-22/h1,4-5,12,22H,2-3,6-11H2,(H,20,23). The van der Waals surface area contributed by atoms with Crippen LogP contribution in [0, 0.1) is 17.6 Å². The quantitative estimate of drug-likeness (QED) is 0.894. The highest BCUT2D eigenvalue weighted by Gasteiger charge is 2.48. The molecule has 0 radical (unpaired) electrons. The Bertz CT molecular complexity index is 570. The molecule has 1 aromatic rings. The van der Waals surface area contributed by atoms with E-state index in [1.807, 2.05) is 0 Å². The van der Waals surface area contributed by atoms with E-state index in [-0.39, 0.29) is 30.7 Å². The minimum atomic E-state index is -0.614. The van der Waals surface area contributed by atoms with E-state index in [2.05, 4.69) is 5.32 Å². The zero-order chi connectivity index (χ0) is 16.4. The van der Waals surface area contributed by atoms with Crippen LogP contribution in [0.1, 0.15) is 31.2 Å². The monoisotopic (exact) mass is 324 g/mol.